The summed E-state index contributed by atoms with van der Waals surface area (Å²) in [7, 11) is 0. The zero-order chi connectivity index (χ0) is 10.5. The minimum atomic E-state index is 0.150. The van der Waals surface area contributed by atoms with Crippen LogP contribution in [0.5, 0.6) is 0 Å². The Morgan fingerprint density at radius 1 is 1.60 bits per heavy atom. The number of nitrogens with one attached hydrogen (secondary N) is 2. The highest BCUT2D eigenvalue weighted by molar-refractivity contribution is 7.99. The highest BCUT2D eigenvalue weighted by Gasteiger charge is 2.24. The molecule has 0 bridgehead atoms. The number of carbonyl (C=O) groups is 1. The number of rotatable bonds is 3. The summed E-state index contributed by atoms with van der Waals surface area (Å²) >= 11 is 1.87. The average Bonchev–Trinajstić information content (AvgIpc) is 2.81. The molecule has 2 heterocycles. The van der Waals surface area contributed by atoms with Gasteiger partial charge >= 0.3 is 0 Å². The monoisotopic (exact) mass is 230 g/mol. The Balaban J connectivity index is 1.65. The highest BCUT2D eigenvalue weighted by atomic mass is 32.2. The van der Waals surface area contributed by atoms with Crippen LogP contribution in [-0.2, 0) is 9.53 Å². The van der Waals surface area contributed by atoms with Gasteiger partial charge in [0.15, 0.2) is 0 Å². The zero-order valence-corrected chi connectivity index (χ0v) is 9.65. The molecule has 2 fully saturated rings. The number of hydrogen-bond donors (Lipinski definition) is 2. The fourth-order valence-corrected chi connectivity index (χ4v) is 3.07. The van der Waals surface area contributed by atoms with Crippen LogP contribution >= 0.6 is 11.8 Å². The molecule has 2 unspecified atom stereocenters. The van der Waals surface area contributed by atoms with E-state index in [9.17, 15) is 4.79 Å². The van der Waals surface area contributed by atoms with Crippen molar-refractivity contribution in [1.29, 1.82) is 0 Å². The molecule has 2 aliphatic heterocycles. The van der Waals surface area contributed by atoms with Crippen molar-refractivity contribution in [2.45, 2.75) is 12.5 Å². The van der Waals surface area contributed by atoms with Crippen molar-refractivity contribution in [2.24, 2.45) is 5.92 Å². The van der Waals surface area contributed by atoms with E-state index in [0.717, 1.165) is 37.6 Å². The van der Waals surface area contributed by atoms with E-state index < -0.39 is 0 Å². The third kappa shape index (κ3) is 3.36. The van der Waals surface area contributed by atoms with E-state index in [1.807, 2.05) is 11.8 Å². The van der Waals surface area contributed by atoms with Gasteiger partial charge in [0.1, 0.15) is 0 Å². The van der Waals surface area contributed by atoms with Gasteiger partial charge in [0.2, 0.25) is 5.91 Å². The lowest BCUT2D eigenvalue weighted by Crippen LogP contribution is -2.46. The molecule has 1 amide bonds. The van der Waals surface area contributed by atoms with Crippen LogP contribution < -0.4 is 10.6 Å². The summed E-state index contributed by atoms with van der Waals surface area (Å²) in [6.45, 7) is 3.16. The van der Waals surface area contributed by atoms with Crippen LogP contribution in [-0.4, -0.2) is 49.8 Å². The number of hydrogen-bond acceptors (Lipinski definition) is 4. The topological polar surface area (TPSA) is 50.4 Å². The molecular weight excluding hydrogens is 212 g/mol. The summed E-state index contributed by atoms with van der Waals surface area (Å²) in [4.78, 5) is 11.7. The van der Waals surface area contributed by atoms with Crippen molar-refractivity contribution in [3.63, 3.8) is 0 Å². The van der Waals surface area contributed by atoms with Crippen molar-refractivity contribution < 1.29 is 9.53 Å². The molecule has 4 nitrogen and oxygen atoms in total. The first kappa shape index (κ1) is 11.2. The Hall–Kier alpha value is -0.260. The van der Waals surface area contributed by atoms with E-state index in [2.05, 4.69) is 10.6 Å². The minimum absolute atomic E-state index is 0.150. The Bertz CT molecular complexity index is 213. The van der Waals surface area contributed by atoms with Crippen molar-refractivity contribution in [3.05, 3.63) is 0 Å². The van der Waals surface area contributed by atoms with Crippen LogP contribution in [0.1, 0.15) is 6.42 Å². The minimum Gasteiger partial charge on any atom is -0.374 e. The SMILES string of the molecule is O=C(NCC1CNCCO1)C1CCSC1. The van der Waals surface area contributed by atoms with Crippen LogP contribution in [0.25, 0.3) is 0 Å². The molecule has 15 heavy (non-hydrogen) atoms. The maximum Gasteiger partial charge on any atom is 0.224 e. The van der Waals surface area contributed by atoms with Gasteiger partial charge in [-0.05, 0) is 12.2 Å². The predicted octanol–water partition coefficient (Wildman–Crippen LogP) is -0.156. The zero-order valence-electron chi connectivity index (χ0n) is 8.83. The lowest BCUT2D eigenvalue weighted by molar-refractivity contribution is -0.125. The number of ether oxygens (including phenoxy) is 1. The molecule has 0 aromatic rings. The smallest absolute Gasteiger partial charge is 0.224 e. The van der Waals surface area contributed by atoms with Crippen LogP contribution in [0.15, 0.2) is 0 Å². The Morgan fingerprint density at radius 3 is 3.20 bits per heavy atom. The second kappa shape index (κ2) is 5.72. The largest absolute Gasteiger partial charge is 0.374 e. The molecule has 2 atom stereocenters. The van der Waals surface area contributed by atoms with Crippen molar-refractivity contribution in [1.82, 2.24) is 10.6 Å². The Morgan fingerprint density at radius 2 is 2.53 bits per heavy atom. The van der Waals surface area contributed by atoms with Gasteiger partial charge in [-0.3, -0.25) is 4.79 Å². The first-order valence-electron chi connectivity index (χ1n) is 5.54. The molecule has 2 N–H and O–H groups in total. The van der Waals surface area contributed by atoms with Gasteiger partial charge in [-0.15, -0.1) is 0 Å². The van der Waals surface area contributed by atoms with Crippen LogP contribution in [0.3, 0.4) is 0 Å². The van der Waals surface area contributed by atoms with E-state index in [1.54, 1.807) is 0 Å². The summed E-state index contributed by atoms with van der Waals surface area (Å²) in [5.41, 5.74) is 0. The molecule has 86 valence electrons. The van der Waals surface area contributed by atoms with Crippen LogP contribution in [0.4, 0.5) is 0 Å². The van der Waals surface area contributed by atoms with Gasteiger partial charge in [0.25, 0.3) is 0 Å². The van der Waals surface area contributed by atoms with Gasteiger partial charge in [0, 0.05) is 31.3 Å². The molecule has 0 aromatic heterocycles. The molecule has 2 rings (SSSR count). The van der Waals surface area contributed by atoms with E-state index in [1.165, 1.54) is 0 Å². The summed E-state index contributed by atoms with van der Waals surface area (Å²) in [6, 6.07) is 0. The first-order valence-corrected chi connectivity index (χ1v) is 6.69. The maximum absolute atomic E-state index is 11.7. The van der Waals surface area contributed by atoms with Crippen molar-refractivity contribution in [2.75, 3.05) is 37.7 Å². The van der Waals surface area contributed by atoms with Crippen LogP contribution in [0.2, 0.25) is 0 Å². The van der Waals surface area contributed by atoms with Crippen molar-refractivity contribution in [3.8, 4) is 0 Å². The van der Waals surface area contributed by atoms with E-state index in [0.29, 0.717) is 6.54 Å². The molecule has 0 spiro atoms. The van der Waals surface area contributed by atoms with E-state index in [4.69, 9.17) is 4.74 Å². The molecular formula is C10H18N2O2S. The van der Waals surface area contributed by atoms with Crippen LogP contribution in [0, 0.1) is 5.92 Å². The molecule has 0 aromatic carbocycles. The number of morpholine rings is 1. The van der Waals surface area contributed by atoms with Crippen molar-refractivity contribution >= 4 is 17.7 Å². The third-order valence-corrected chi connectivity index (χ3v) is 3.97. The first-order chi connectivity index (χ1) is 7.36. The van der Waals surface area contributed by atoms with E-state index in [-0.39, 0.29) is 17.9 Å². The lowest BCUT2D eigenvalue weighted by Gasteiger charge is -2.24. The van der Waals surface area contributed by atoms with Gasteiger partial charge in [-0.1, -0.05) is 0 Å². The highest BCUT2D eigenvalue weighted by Crippen LogP contribution is 2.23. The quantitative estimate of drug-likeness (QED) is 0.707. The summed E-state index contributed by atoms with van der Waals surface area (Å²) in [5.74, 6) is 2.54. The summed E-state index contributed by atoms with van der Waals surface area (Å²) < 4.78 is 5.51. The Labute approximate surface area is 94.5 Å². The fourth-order valence-electron chi connectivity index (χ4n) is 1.85. The fraction of sp³-hybridized carbons (Fsp3) is 0.900. The molecule has 0 aliphatic carbocycles. The molecule has 0 saturated carbocycles. The van der Waals surface area contributed by atoms with Gasteiger partial charge in [-0.2, -0.15) is 11.8 Å². The van der Waals surface area contributed by atoms with E-state index >= 15 is 0 Å². The lowest BCUT2D eigenvalue weighted by atomic mass is 10.1. The normalized spacial score (nSPS) is 31.5. The second-order valence-electron chi connectivity index (χ2n) is 4.00. The molecule has 5 heteroatoms. The standard InChI is InChI=1S/C10H18N2O2S/c13-10(8-1-4-15-7-8)12-6-9-5-11-2-3-14-9/h8-9,11H,1-7H2,(H,12,13). The van der Waals surface area contributed by atoms with Gasteiger partial charge < -0.3 is 15.4 Å². The molecule has 2 saturated heterocycles. The second-order valence-corrected chi connectivity index (χ2v) is 5.15. The average molecular weight is 230 g/mol. The number of carbonyl (C=O) groups excluding carboxylic acids is 1. The number of thioether (sulfide) groups is 1. The maximum atomic E-state index is 11.7. The molecule has 0 radical (unpaired) electrons. The third-order valence-electron chi connectivity index (χ3n) is 2.81. The number of amides is 1. The summed E-state index contributed by atoms with van der Waals surface area (Å²) in [5, 5.41) is 6.22. The summed E-state index contributed by atoms with van der Waals surface area (Å²) in [6.07, 6.45) is 1.18. The Kier molecular flexibility index (Phi) is 4.29. The van der Waals surface area contributed by atoms with Gasteiger partial charge in [0.05, 0.1) is 12.7 Å². The predicted molar refractivity (Wildman–Crippen MR) is 61.1 cm³/mol. The molecule has 2 aliphatic rings. The van der Waals surface area contributed by atoms with Gasteiger partial charge in [-0.25, -0.2) is 0 Å².